The van der Waals surface area contributed by atoms with Gasteiger partial charge in [0.2, 0.25) is 0 Å². The molecule has 0 aliphatic carbocycles. The van der Waals surface area contributed by atoms with E-state index >= 15 is 0 Å². The number of hydrogen-bond acceptors (Lipinski definition) is 6. The monoisotopic (exact) mass is 509 g/mol. The van der Waals surface area contributed by atoms with Gasteiger partial charge in [-0.2, -0.15) is 0 Å². The molecule has 38 heavy (non-hydrogen) atoms. The Morgan fingerprint density at radius 2 is 1.34 bits per heavy atom. The highest BCUT2D eigenvalue weighted by atomic mass is 16.5. The molecule has 0 unspecified atom stereocenters. The van der Waals surface area contributed by atoms with Gasteiger partial charge in [-0.25, -0.2) is 9.97 Å². The lowest BCUT2D eigenvalue weighted by atomic mass is 10.0. The second-order valence-corrected chi connectivity index (χ2v) is 8.82. The summed E-state index contributed by atoms with van der Waals surface area (Å²) in [5.41, 5.74) is 5.08. The number of rotatable bonds is 11. The number of hydrogen-bond donors (Lipinski definition) is 1. The number of aryl methyl sites for hydroxylation is 1. The molecule has 7 heteroatoms. The smallest absolute Gasteiger partial charge is 0.325 e. The first kappa shape index (κ1) is 26.5. The van der Waals surface area contributed by atoms with Gasteiger partial charge in [0.05, 0.1) is 12.3 Å². The summed E-state index contributed by atoms with van der Waals surface area (Å²) >= 11 is 0. The molecule has 0 spiro atoms. The van der Waals surface area contributed by atoms with Crippen LogP contribution in [0.2, 0.25) is 0 Å². The maximum atomic E-state index is 13.1. The zero-order chi connectivity index (χ0) is 26.7. The maximum Gasteiger partial charge on any atom is 0.325 e. The van der Waals surface area contributed by atoms with Crippen LogP contribution in [-0.2, 0) is 29.0 Å². The largest absolute Gasteiger partial charge is 0.485 e. The van der Waals surface area contributed by atoms with Crippen molar-refractivity contribution in [1.29, 1.82) is 0 Å². The maximum absolute atomic E-state index is 13.1. The van der Waals surface area contributed by atoms with Crippen LogP contribution in [0.1, 0.15) is 51.2 Å². The molecule has 0 saturated heterocycles. The molecule has 0 fully saturated rings. The van der Waals surface area contributed by atoms with Crippen LogP contribution in [0, 0.1) is 6.92 Å². The molecule has 194 valence electrons. The van der Waals surface area contributed by atoms with Gasteiger partial charge in [-0.1, -0.05) is 84.9 Å². The Morgan fingerprint density at radius 1 is 0.763 bits per heavy atom. The van der Waals surface area contributed by atoms with Crippen molar-refractivity contribution in [1.82, 2.24) is 15.3 Å². The Kier molecular flexibility index (Phi) is 9.18. The quantitative estimate of drug-likeness (QED) is 0.291. The Hall–Kier alpha value is -4.52. The van der Waals surface area contributed by atoms with Crippen LogP contribution in [0.5, 0.6) is 5.75 Å². The highest BCUT2D eigenvalue weighted by molar-refractivity contribution is 5.96. The van der Waals surface area contributed by atoms with Gasteiger partial charge in [0.25, 0.3) is 5.91 Å². The highest BCUT2D eigenvalue weighted by Gasteiger charge is 2.21. The van der Waals surface area contributed by atoms with Crippen molar-refractivity contribution in [2.24, 2.45) is 0 Å². The third kappa shape index (κ3) is 7.49. The third-order valence-corrected chi connectivity index (χ3v) is 5.86. The number of carbonyl (C=O) groups excluding carboxylic acids is 2. The average molecular weight is 510 g/mol. The molecule has 0 radical (unpaired) electrons. The van der Waals surface area contributed by atoms with Crippen LogP contribution in [-0.4, -0.2) is 35.0 Å². The minimum atomic E-state index is -0.522. The van der Waals surface area contributed by atoms with E-state index in [4.69, 9.17) is 9.47 Å². The first-order valence-electron chi connectivity index (χ1n) is 12.6. The van der Waals surface area contributed by atoms with Gasteiger partial charge < -0.3 is 14.8 Å². The van der Waals surface area contributed by atoms with E-state index in [0.29, 0.717) is 17.9 Å². The van der Waals surface area contributed by atoms with Crippen molar-refractivity contribution >= 4 is 11.9 Å². The van der Waals surface area contributed by atoms with E-state index in [1.54, 1.807) is 13.8 Å². The van der Waals surface area contributed by atoms with Crippen LogP contribution in [0.15, 0.2) is 84.9 Å². The van der Waals surface area contributed by atoms with Crippen LogP contribution in [0.4, 0.5) is 0 Å². The molecule has 7 nitrogen and oxygen atoms in total. The van der Waals surface area contributed by atoms with Crippen molar-refractivity contribution < 1.29 is 19.1 Å². The fraction of sp³-hybridized carbons (Fsp3) is 0.226. The minimum absolute atomic E-state index is 0.0911. The van der Waals surface area contributed by atoms with Crippen LogP contribution >= 0.6 is 0 Å². The van der Waals surface area contributed by atoms with Crippen molar-refractivity contribution in [3.63, 3.8) is 0 Å². The molecule has 0 aliphatic heterocycles. The minimum Gasteiger partial charge on any atom is -0.485 e. The van der Waals surface area contributed by atoms with Gasteiger partial charge in [0, 0.05) is 6.42 Å². The molecule has 4 rings (SSSR count). The highest BCUT2D eigenvalue weighted by Crippen LogP contribution is 2.23. The summed E-state index contributed by atoms with van der Waals surface area (Å²) < 4.78 is 10.9. The lowest BCUT2D eigenvalue weighted by Gasteiger charge is -2.15. The summed E-state index contributed by atoms with van der Waals surface area (Å²) in [7, 11) is 0. The van der Waals surface area contributed by atoms with Crippen LogP contribution < -0.4 is 10.1 Å². The van der Waals surface area contributed by atoms with E-state index in [1.165, 1.54) is 11.1 Å². The Morgan fingerprint density at radius 3 is 1.97 bits per heavy atom. The molecular weight excluding hydrogens is 478 g/mol. The first-order chi connectivity index (χ1) is 18.5. The number of nitrogens with zero attached hydrogens (tertiary/aromatic N) is 2. The van der Waals surface area contributed by atoms with Crippen molar-refractivity contribution in [3.05, 3.63) is 124 Å². The Balaban J connectivity index is 1.53. The van der Waals surface area contributed by atoms with Crippen molar-refractivity contribution in [2.75, 3.05) is 13.2 Å². The molecule has 0 bridgehead atoms. The standard InChI is InChI=1S/C31H31N3O4/c1-3-37-28(35)20-32-31(36)29-30(38-21-26-12-8-5-9-13-26)22(2)33-27(34-29)19-25-16-14-24(15-17-25)18-23-10-6-4-7-11-23/h4-17H,3,18-21H2,1-2H3,(H,32,36). The molecule has 1 heterocycles. The first-order valence-corrected chi connectivity index (χ1v) is 12.6. The molecule has 4 aromatic rings. The SMILES string of the molecule is CCOC(=O)CNC(=O)c1nc(Cc2ccc(Cc3ccccc3)cc2)nc(C)c1OCc1ccccc1. The topological polar surface area (TPSA) is 90.4 Å². The van der Waals surface area contributed by atoms with Crippen molar-refractivity contribution in [3.8, 4) is 5.75 Å². The van der Waals surface area contributed by atoms with E-state index in [-0.39, 0.29) is 31.2 Å². The molecule has 0 atom stereocenters. The van der Waals surface area contributed by atoms with Gasteiger partial charge in [0.15, 0.2) is 11.4 Å². The van der Waals surface area contributed by atoms with Crippen LogP contribution in [0.25, 0.3) is 0 Å². The number of aromatic nitrogens is 2. The lowest BCUT2D eigenvalue weighted by molar-refractivity contribution is -0.141. The second kappa shape index (κ2) is 13.1. The average Bonchev–Trinajstić information content (AvgIpc) is 2.93. The molecule has 0 aliphatic rings. The zero-order valence-corrected chi connectivity index (χ0v) is 21.6. The van der Waals surface area contributed by atoms with E-state index in [0.717, 1.165) is 17.5 Å². The molecule has 0 saturated carbocycles. The molecule has 1 aromatic heterocycles. The predicted octanol–water partition coefficient (Wildman–Crippen LogP) is 4.84. The van der Waals surface area contributed by atoms with Gasteiger partial charge in [-0.3, -0.25) is 9.59 Å². The molecular formula is C31H31N3O4. The number of ether oxygens (including phenoxy) is 2. The normalized spacial score (nSPS) is 10.6. The van der Waals surface area contributed by atoms with Gasteiger partial charge >= 0.3 is 5.97 Å². The second-order valence-electron chi connectivity index (χ2n) is 8.82. The number of benzene rings is 3. The van der Waals surface area contributed by atoms with Crippen LogP contribution in [0.3, 0.4) is 0 Å². The van der Waals surface area contributed by atoms with E-state index in [9.17, 15) is 9.59 Å². The van der Waals surface area contributed by atoms with Gasteiger partial charge in [0.1, 0.15) is 19.0 Å². The summed E-state index contributed by atoms with van der Waals surface area (Å²) in [6, 6.07) is 28.3. The van der Waals surface area contributed by atoms with E-state index in [1.807, 2.05) is 48.5 Å². The number of carbonyl (C=O) groups is 2. The third-order valence-electron chi connectivity index (χ3n) is 5.86. The summed E-state index contributed by atoms with van der Waals surface area (Å²) in [5.74, 6) is -0.260. The molecule has 1 N–H and O–H groups in total. The van der Waals surface area contributed by atoms with Crippen molar-refractivity contribution in [2.45, 2.75) is 33.3 Å². The zero-order valence-electron chi connectivity index (χ0n) is 21.6. The summed E-state index contributed by atoms with van der Waals surface area (Å²) in [4.78, 5) is 34.0. The molecule has 1 amide bonds. The Bertz CT molecular complexity index is 1360. The van der Waals surface area contributed by atoms with E-state index in [2.05, 4.69) is 51.7 Å². The van der Waals surface area contributed by atoms with Gasteiger partial charge in [-0.15, -0.1) is 0 Å². The fourth-order valence-corrected chi connectivity index (χ4v) is 3.99. The summed E-state index contributed by atoms with van der Waals surface area (Å²) in [6.07, 6.45) is 1.30. The predicted molar refractivity (Wildman–Crippen MR) is 145 cm³/mol. The van der Waals surface area contributed by atoms with Gasteiger partial charge in [-0.05, 0) is 42.5 Å². The molecule has 3 aromatic carbocycles. The summed E-state index contributed by atoms with van der Waals surface area (Å²) in [6.45, 7) is 3.73. The Labute approximate surface area is 222 Å². The number of nitrogens with one attached hydrogen (secondary N) is 1. The number of amides is 1. The summed E-state index contributed by atoms with van der Waals surface area (Å²) in [5, 5.41) is 2.59. The number of esters is 1. The lowest BCUT2D eigenvalue weighted by Crippen LogP contribution is -2.32. The van der Waals surface area contributed by atoms with E-state index < -0.39 is 11.9 Å². The fourth-order valence-electron chi connectivity index (χ4n) is 3.99.